The Bertz CT molecular complexity index is 950. The molecule has 3 amide bonds. The van der Waals surface area contributed by atoms with Crippen LogP contribution in [0.15, 0.2) is 0 Å². The molecule has 11 nitrogen and oxygen atoms in total. The smallest absolute Gasteiger partial charge is 0.457 e. The first-order chi connectivity index (χ1) is 18.7. The Kier molecular flexibility index (Phi) is 11.3. The normalized spacial score (nSPS) is 25.3. The summed E-state index contributed by atoms with van der Waals surface area (Å²) < 4.78 is 17.5. The second-order valence-corrected chi connectivity index (χ2v) is 13.6. The van der Waals surface area contributed by atoms with Crippen molar-refractivity contribution in [3.8, 4) is 0 Å². The maximum absolute atomic E-state index is 13.4. The molecule has 0 spiro atoms. The van der Waals surface area contributed by atoms with E-state index in [-0.39, 0.29) is 38.3 Å². The topological polar surface area (TPSA) is 143 Å². The van der Waals surface area contributed by atoms with Crippen LogP contribution in [0.4, 0.5) is 4.79 Å². The van der Waals surface area contributed by atoms with E-state index in [9.17, 15) is 24.3 Å². The lowest BCUT2D eigenvalue weighted by Crippen LogP contribution is -2.64. The van der Waals surface area contributed by atoms with Gasteiger partial charge in [0, 0.05) is 25.9 Å². The highest BCUT2D eigenvalue weighted by atomic mass is 16.7. The van der Waals surface area contributed by atoms with E-state index in [1.165, 1.54) is 11.8 Å². The number of hydrogen-bond donors (Lipinski definition) is 3. The SMILES string of the molecule is CC[C@H](C)[C@H](NC(=O)OC(C)(C)C)C(=O)N[C@H]1CCN(C(C)=O)[C@@](CCCCB2OC(C)(C)C(C)(C)O2)(C(=O)O)C1. The van der Waals surface area contributed by atoms with Crippen molar-refractivity contribution >= 4 is 31.0 Å². The molecule has 0 aliphatic carbocycles. The molecule has 2 aliphatic heterocycles. The second-order valence-electron chi connectivity index (χ2n) is 13.6. The fourth-order valence-corrected chi connectivity index (χ4v) is 5.49. The predicted molar refractivity (Wildman–Crippen MR) is 156 cm³/mol. The minimum atomic E-state index is -1.46. The third kappa shape index (κ3) is 8.83. The molecule has 2 aliphatic rings. The number of carboxylic acid groups (broad SMARTS) is 1. The zero-order valence-electron chi connectivity index (χ0n) is 26.7. The van der Waals surface area contributed by atoms with Crippen LogP contribution in [0, 0.1) is 5.92 Å². The number of likely N-dealkylation sites (tertiary alicyclic amines) is 1. The number of hydrogen-bond acceptors (Lipinski definition) is 7. The van der Waals surface area contributed by atoms with Crippen molar-refractivity contribution in [3.63, 3.8) is 0 Å². The molecule has 0 unspecified atom stereocenters. The summed E-state index contributed by atoms with van der Waals surface area (Å²) >= 11 is 0. The quantitative estimate of drug-likeness (QED) is 0.244. The fraction of sp³-hybridized carbons (Fsp3) is 0.862. The van der Waals surface area contributed by atoms with Crippen LogP contribution in [0.3, 0.4) is 0 Å². The maximum Gasteiger partial charge on any atom is 0.457 e. The average Bonchev–Trinajstić information content (AvgIpc) is 3.04. The van der Waals surface area contributed by atoms with Crippen LogP contribution in [0.5, 0.6) is 0 Å². The van der Waals surface area contributed by atoms with Crippen LogP contribution in [-0.2, 0) is 28.4 Å². The van der Waals surface area contributed by atoms with Gasteiger partial charge in [-0.25, -0.2) is 9.59 Å². The molecule has 234 valence electrons. The van der Waals surface area contributed by atoms with Gasteiger partial charge in [0.1, 0.15) is 17.2 Å². The van der Waals surface area contributed by atoms with Gasteiger partial charge in [-0.3, -0.25) is 9.59 Å². The lowest BCUT2D eigenvalue weighted by molar-refractivity contribution is -0.163. The van der Waals surface area contributed by atoms with Gasteiger partial charge < -0.3 is 34.7 Å². The van der Waals surface area contributed by atoms with Gasteiger partial charge in [0.15, 0.2) is 0 Å². The average molecular weight is 582 g/mol. The summed E-state index contributed by atoms with van der Waals surface area (Å²) in [7, 11) is -0.377. The van der Waals surface area contributed by atoms with Gasteiger partial charge in [-0.05, 0) is 73.5 Å². The van der Waals surface area contributed by atoms with Crippen LogP contribution in [0.2, 0.25) is 6.32 Å². The molecule has 0 aromatic carbocycles. The summed E-state index contributed by atoms with van der Waals surface area (Å²) in [6.45, 7) is 18.6. The van der Waals surface area contributed by atoms with E-state index < -0.39 is 52.4 Å². The second kappa shape index (κ2) is 13.3. The lowest BCUT2D eigenvalue weighted by Gasteiger charge is -2.47. The van der Waals surface area contributed by atoms with Gasteiger partial charge in [0.2, 0.25) is 11.8 Å². The molecular formula is C29H52BN3O8. The van der Waals surface area contributed by atoms with Gasteiger partial charge in [-0.1, -0.05) is 33.1 Å². The number of rotatable bonds is 11. The van der Waals surface area contributed by atoms with Gasteiger partial charge >= 0.3 is 19.2 Å². The summed E-state index contributed by atoms with van der Waals surface area (Å²) in [5.41, 5.74) is -3.05. The largest absolute Gasteiger partial charge is 0.479 e. The number of nitrogens with zero attached hydrogens (tertiary/aromatic N) is 1. The van der Waals surface area contributed by atoms with Crippen molar-refractivity contribution in [2.24, 2.45) is 5.92 Å². The molecule has 0 aromatic heterocycles. The highest BCUT2D eigenvalue weighted by Gasteiger charge is 2.52. The molecule has 2 rings (SSSR count). The highest BCUT2D eigenvalue weighted by molar-refractivity contribution is 6.45. The molecule has 12 heteroatoms. The van der Waals surface area contributed by atoms with Crippen molar-refractivity contribution in [1.82, 2.24) is 15.5 Å². The summed E-state index contributed by atoms with van der Waals surface area (Å²) in [5, 5.41) is 16.1. The maximum atomic E-state index is 13.4. The van der Waals surface area contributed by atoms with E-state index in [2.05, 4.69) is 10.6 Å². The molecule has 0 bridgehead atoms. The molecule has 4 atom stereocenters. The number of ether oxygens (including phenoxy) is 1. The summed E-state index contributed by atoms with van der Waals surface area (Å²) in [6, 6.07) is -1.33. The van der Waals surface area contributed by atoms with Crippen molar-refractivity contribution in [2.45, 2.75) is 149 Å². The third-order valence-electron chi connectivity index (χ3n) is 8.68. The molecule has 0 radical (unpaired) electrons. The number of carbonyl (C=O) groups excluding carboxylic acids is 3. The number of unbranched alkanes of at least 4 members (excludes halogenated alkanes) is 1. The Morgan fingerprint density at radius 3 is 2.17 bits per heavy atom. The first kappa shape index (κ1) is 34.9. The van der Waals surface area contributed by atoms with Crippen molar-refractivity contribution in [2.75, 3.05) is 6.54 Å². The van der Waals surface area contributed by atoms with E-state index >= 15 is 0 Å². The van der Waals surface area contributed by atoms with Gasteiger partial charge in [0.25, 0.3) is 0 Å². The summed E-state index contributed by atoms with van der Waals surface area (Å²) in [5.74, 6) is -1.98. The number of alkyl carbamates (subject to hydrolysis) is 1. The number of carbonyl (C=O) groups is 4. The Hall–Kier alpha value is -2.34. The monoisotopic (exact) mass is 581 g/mol. The molecule has 0 saturated carbocycles. The molecule has 3 N–H and O–H groups in total. The first-order valence-corrected chi connectivity index (χ1v) is 14.9. The van der Waals surface area contributed by atoms with Crippen LogP contribution < -0.4 is 10.6 Å². The van der Waals surface area contributed by atoms with Crippen LogP contribution >= 0.6 is 0 Å². The molecule has 41 heavy (non-hydrogen) atoms. The number of nitrogens with one attached hydrogen (secondary N) is 2. The van der Waals surface area contributed by atoms with E-state index in [4.69, 9.17) is 14.0 Å². The summed E-state index contributed by atoms with van der Waals surface area (Å²) in [6.07, 6.45) is 2.47. The van der Waals surface area contributed by atoms with Crippen LogP contribution in [0.25, 0.3) is 0 Å². The third-order valence-corrected chi connectivity index (χ3v) is 8.68. The summed E-state index contributed by atoms with van der Waals surface area (Å²) in [4.78, 5) is 52.6. The number of piperidine rings is 1. The van der Waals surface area contributed by atoms with Gasteiger partial charge in [-0.2, -0.15) is 0 Å². The Morgan fingerprint density at radius 2 is 1.68 bits per heavy atom. The zero-order chi connectivity index (χ0) is 31.4. The van der Waals surface area contributed by atoms with Gasteiger partial charge in [0.05, 0.1) is 11.2 Å². The standard InChI is InChI=1S/C29H52BN3O8/c1-11-19(2)22(32-25(38)39-26(4,5)6)23(35)31-21-14-17-33(20(3)34)29(18-21,24(36)37)15-12-13-16-30-40-27(7,8)28(9,10)41-30/h19,21-22H,11-18H2,1-10H3,(H,31,35)(H,32,38)(H,36,37)/t19-,21-,22-,29+/m0/s1. The van der Waals surface area contributed by atoms with Gasteiger partial charge in [-0.15, -0.1) is 0 Å². The first-order valence-electron chi connectivity index (χ1n) is 14.9. The van der Waals surface area contributed by atoms with Crippen molar-refractivity contribution < 1.29 is 38.3 Å². The predicted octanol–water partition coefficient (Wildman–Crippen LogP) is 4.14. The van der Waals surface area contributed by atoms with E-state index in [1.54, 1.807) is 20.8 Å². The number of aliphatic carboxylic acids is 1. The minimum Gasteiger partial charge on any atom is -0.479 e. The van der Waals surface area contributed by atoms with Crippen LogP contribution in [0.1, 0.15) is 108 Å². The van der Waals surface area contributed by atoms with E-state index in [0.29, 0.717) is 32.0 Å². The molecule has 2 heterocycles. The Morgan fingerprint density at radius 1 is 1.10 bits per heavy atom. The lowest BCUT2D eigenvalue weighted by atomic mass is 9.77. The van der Waals surface area contributed by atoms with Crippen molar-refractivity contribution in [1.29, 1.82) is 0 Å². The van der Waals surface area contributed by atoms with E-state index in [0.717, 1.165) is 0 Å². The van der Waals surface area contributed by atoms with Crippen LogP contribution in [-0.4, -0.2) is 82.0 Å². The minimum absolute atomic E-state index is 0.0732. The zero-order valence-corrected chi connectivity index (χ0v) is 26.7. The Balaban J connectivity index is 2.12. The molecule has 2 fully saturated rings. The number of amides is 3. The molecule has 2 saturated heterocycles. The molecular weight excluding hydrogens is 529 g/mol. The van der Waals surface area contributed by atoms with Crippen molar-refractivity contribution in [3.05, 3.63) is 0 Å². The molecule has 0 aromatic rings. The van der Waals surface area contributed by atoms with E-state index in [1.807, 2.05) is 41.5 Å². The number of carboxylic acids is 1. The fourth-order valence-electron chi connectivity index (χ4n) is 5.49. The highest BCUT2D eigenvalue weighted by Crippen LogP contribution is 2.39. The Labute approximate surface area is 245 Å².